The van der Waals surface area contributed by atoms with Crippen LogP contribution >= 0.6 is 0 Å². The molecule has 0 heterocycles. The SMILES string of the molecule is C=C/C=C\C(C)=C(/C)CCC(C)C(C)=N. The molecular formula is C14H23N. The highest BCUT2D eigenvalue weighted by molar-refractivity contribution is 5.80. The zero-order valence-electron chi connectivity index (χ0n) is 10.4. The second-order valence-electron chi connectivity index (χ2n) is 4.18. The fourth-order valence-electron chi connectivity index (χ4n) is 1.20. The number of rotatable bonds is 6. The van der Waals surface area contributed by atoms with Gasteiger partial charge in [0.1, 0.15) is 0 Å². The molecule has 0 radical (unpaired) electrons. The highest BCUT2D eigenvalue weighted by Gasteiger charge is 2.04. The molecule has 1 unspecified atom stereocenters. The largest absolute Gasteiger partial charge is 0.310 e. The average molecular weight is 205 g/mol. The zero-order chi connectivity index (χ0) is 11.8. The Labute approximate surface area is 94.1 Å². The summed E-state index contributed by atoms with van der Waals surface area (Å²) >= 11 is 0. The maximum atomic E-state index is 7.52. The van der Waals surface area contributed by atoms with Crippen LogP contribution in [0.1, 0.15) is 40.5 Å². The third kappa shape index (κ3) is 6.05. The number of hydrogen-bond acceptors (Lipinski definition) is 1. The molecule has 0 bridgehead atoms. The van der Waals surface area contributed by atoms with Gasteiger partial charge in [-0.1, -0.05) is 42.9 Å². The van der Waals surface area contributed by atoms with Crippen molar-refractivity contribution in [1.82, 2.24) is 0 Å². The van der Waals surface area contributed by atoms with Gasteiger partial charge in [-0.15, -0.1) is 0 Å². The van der Waals surface area contributed by atoms with Gasteiger partial charge >= 0.3 is 0 Å². The Kier molecular flexibility index (Phi) is 6.68. The van der Waals surface area contributed by atoms with E-state index in [2.05, 4.69) is 33.4 Å². The molecule has 0 fully saturated rings. The lowest BCUT2D eigenvalue weighted by Gasteiger charge is -2.10. The molecular weight excluding hydrogens is 182 g/mol. The van der Waals surface area contributed by atoms with Gasteiger partial charge < -0.3 is 5.41 Å². The standard InChI is InChI=1S/C14H23N/c1-6-7-8-11(2)12(3)9-10-13(4)14(5)15/h6-8,13,15H,1,9-10H2,2-5H3/b8-7-,12-11+,15-14?. The van der Waals surface area contributed by atoms with Crippen LogP contribution in [0, 0.1) is 11.3 Å². The minimum Gasteiger partial charge on any atom is -0.310 e. The molecule has 0 aromatic heterocycles. The van der Waals surface area contributed by atoms with Gasteiger partial charge in [-0.3, -0.25) is 0 Å². The van der Waals surface area contributed by atoms with Crippen molar-refractivity contribution < 1.29 is 0 Å². The summed E-state index contributed by atoms with van der Waals surface area (Å²) in [5, 5.41) is 7.52. The first-order valence-corrected chi connectivity index (χ1v) is 5.49. The van der Waals surface area contributed by atoms with Gasteiger partial charge in [0.15, 0.2) is 0 Å². The summed E-state index contributed by atoms with van der Waals surface area (Å²) in [6.45, 7) is 11.9. The van der Waals surface area contributed by atoms with Crippen molar-refractivity contribution in [3.05, 3.63) is 36.0 Å². The molecule has 0 aliphatic rings. The van der Waals surface area contributed by atoms with Crippen molar-refractivity contribution in [2.45, 2.75) is 40.5 Å². The van der Waals surface area contributed by atoms with E-state index in [1.165, 1.54) is 11.1 Å². The third-order valence-corrected chi connectivity index (χ3v) is 2.85. The number of nitrogens with one attached hydrogen (secondary N) is 1. The van der Waals surface area contributed by atoms with E-state index in [1.54, 1.807) is 6.08 Å². The Hall–Kier alpha value is -1.11. The summed E-state index contributed by atoms with van der Waals surface area (Å²) in [6, 6.07) is 0. The average Bonchev–Trinajstić information content (AvgIpc) is 2.21. The Morgan fingerprint density at radius 3 is 2.40 bits per heavy atom. The minimum atomic E-state index is 0.399. The topological polar surface area (TPSA) is 23.9 Å². The van der Waals surface area contributed by atoms with Gasteiger partial charge in [-0.05, 0) is 39.5 Å². The lowest BCUT2D eigenvalue weighted by atomic mass is 9.96. The fraction of sp³-hybridized carbons (Fsp3) is 0.500. The van der Waals surface area contributed by atoms with Crippen molar-refractivity contribution in [3.8, 4) is 0 Å². The summed E-state index contributed by atoms with van der Waals surface area (Å²) in [4.78, 5) is 0. The van der Waals surface area contributed by atoms with Crippen molar-refractivity contribution in [2.24, 2.45) is 5.92 Å². The molecule has 15 heavy (non-hydrogen) atoms. The Balaban J connectivity index is 4.22. The first kappa shape index (κ1) is 13.9. The second-order valence-corrected chi connectivity index (χ2v) is 4.18. The molecule has 0 spiro atoms. The van der Waals surface area contributed by atoms with Gasteiger partial charge in [0.25, 0.3) is 0 Å². The smallest absolute Gasteiger partial charge is 0.00864 e. The van der Waals surface area contributed by atoms with E-state index >= 15 is 0 Å². The van der Waals surface area contributed by atoms with Crippen LogP contribution in [-0.4, -0.2) is 5.71 Å². The van der Waals surface area contributed by atoms with Crippen molar-refractivity contribution in [3.63, 3.8) is 0 Å². The van der Waals surface area contributed by atoms with Crippen LogP contribution in [0.25, 0.3) is 0 Å². The summed E-state index contributed by atoms with van der Waals surface area (Å²) in [5.74, 6) is 0.399. The van der Waals surface area contributed by atoms with Crippen molar-refractivity contribution in [1.29, 1.82) is 5.41 Å². The van der Waals surface area contributed by atoms with E-state index in [1.807, 2.05) is 13.0 Å². The molecule has 0 aromatic carbocycles. The van der Waals surface area contributed by atoms with Gasteiger partial charge in [-0.2, -0.15) is 0 Å². The van der Waals surface area contributed by atoms with Crippen LogP contribution in [0.3, 0.4) is 0 Å². The van der Waals surface area contributed by atoms with Crippen LogP contribution < -0.4 is 0 Å². The molecule has 1 heteroatoms. The molecule has 0 saturated heterocycles. The fourth-order valence-corrected chi connectivity index (χ4v) is 1.20. The Bertz CT molecular complexity index is 282. The molecule has 0 aliphatic heterocycles. The first-order valence-electron chi connectivity index (χ1n) is 5.49. The zero-order valence-corrected chi connectivity index (χ0v) is 10.4. The van der Waals surface area contributed by atoms with Crippen LogP contribution in [-0.2, 0) is 0 Å². The molecule has 1 atom stereocenters. The third-order valence-electron chi connectivity index (χ3n) is 2.85. The van der Waals surface area contributed by atoms with Gasteiger partial charge in [0.2, 0.25) is 0 Å². The van der Waals surface area contributed by atoms with Crippen LogP contribution in [0.5, 0.6) is 0 Å². The van der Waals surface area contributed by atoms with Gasteiger partial charge in [0, 0.05) is 5.71 Å². The highest BCUT2D eigenvalue weighted by Crippen LogP contribution is 2.16. The van der Waals surface area contributed by atoms with Gasteiger partial charge in [0.05, 0.1) is 0 Å². The molecule has 84 valence electrons. The molecule has 0 aromatic rings. The predicted octanol–water partition coefficient (Wildman–Crippen LogP) is 4.52. The molecule has 0 rings (SSSR count). The van der Waals surface area contributed by atoms with E-state index in [4.69, 9.17) is 5.41 Å². The molecule has 0 amide bonds. The predicted molar refractivity (Wildman–Crippen MR) is 69.5 cm³/mol. The van der Waals surface area contributed by atoms with E-state index in [9.17, 15) is 0 Å². The molecule has 1 N–H and O–H groups in total. The number of allylic oxidation sites excluding steroid dienone is 5. The normalized spacial score (nSPS) is 14.9. The summed E-state index contributed by atoms with van der Waals surface area (Å²) < 4.78 is 0. The van der Waals surface area contributed by atoms with Crippen molar-refractivity contribution >= 4 is 5.71 Å². The maximum absolute atomic E-state index is 7.52. The van der Waals surface area contributed by atoms with E-state index in [0.717, 1.165) is 18.6 Å². The molecule has 0 saturated carbocycles. The van der Waals surface area contributed by atoms with Crippen LogP contribution in [0.15, 0.2) is 36.0 Å². The lowest BCUT2D eigenvalue weighted by Crippen LogP contribution is -2.05. The van der Waals surface area contributed by atoms with Crippen molar-refractivity contribution in [2.75, 3.05) is 0 Å². The molecule has 1 nitrogen and oxygen atoms in total. The van der Waals surface area contributed by atoms with Gasteiger partial charge in [-0.25, -0.2) is 0 Å². The summed E-state index contributed by atoms with van der Waals surface area (Å²) in [7, 11) is 0. The lowest BCUT2D eigenvalue weighted by molar-refractivity contribution is 0.670. The Morgan fingerprint density at radius 2 is 1.93 bits per heavy atom. The quantitative estimate of drug-likeness (QED) is 0.487. The number of hydrogen-bond donors (Lipinski definition) is 1. The maximum Gasteiger partial charge on any atom is 0.00864 e. The van der Waals surface area contributed by atoms with E-state index in [0.29, 0.717) is 5.92 Å². The van der Waals surface area contributed by atoms with Crippen LogP contribution in [0.2, 0.25) is 0 Å². The van der Waals surface area contributed by atoms with Crippen LogP contribution in [0.4, 0.5) is 0 Å². The van der Waals surface area contributed by atoms with E-state index < -0.39 is 0 Å². The first-order chi connectivity index (χ1) is 6.99. The summed E-state index contributed by atoms with van der Waals surface area (Å²) in [6.07, 6.45) is 7.99. The monoisotopic (exact) mass is 205 g/mol. The summed E-state index contributed by atoms with van der Waals surface area (Å²) in [5.41, 5.74) is 3.49. The second kappa shape index (κ2) is 7.22. The minimum absolute atomic E-state index is 0.399. The Morgan fingerprint density at radius 1 is 1.33 bits per heavy atom. The molecule has 0 aliphatic carbocycles. The highest BCUT2D eigenvalue weighted by atomic mass is 14.4. The van der Waals surface area contributed by atoms with E-state index in [-0.39, 0.29) is 0 Å².